The van der Waals surface area contributed by atoms with E-state index in [1.54, 1.807) is 13.8 Å². The minimum atomic E-state index is -1.55. The first-order valence-corrected chi connectivity index (χ1v) is 13.8. The maximum Gasteiger partial charge on any atom is 0.328 e. The summed E-state index contributed by atoms with van der Waals surface area (Å²) in [6.45, 7) is 13.1. The van der Waals surface area contributed by atoms with Crippen LogP contribution in [-0.4, -0.2) is 48.4 Å². The number of methoxy groups -OCH3 is 1. The molecular formula is C30H36N2O7S. The van der Waals surface area contributed by atoms with Crippen LogP contribution in [0.1, 0.15) is 49.6 Å². The summed E-state index contributed by atoms with van der Waals surface area (Å²) in [7, 11) is 1.34. The van der Waals surface area contributed by atoms with E-state index in [4.69, 9.17) is 14.2 Å². The molecule has 1 unspecified atom stereocenters. The van der Waals surface area contributed by atoms with E-state index in [9.17, 15) is 18.9 Å². The lowest BCUT2D eigenvalue weighted by atomic mass is 10.1. The van der Waals surface area contributed by atoms with Gasteiger partial charge in [0, 0.05) is 18.1 Å². The van der Waals surface area contributed by atoms with Crippen LogP contribution in [0.5, 0.6) is 0 Å². The number of aliphatic imine (C=N–C) groups is 1. The Morgan fingerprint density at radius 1 is 1.10 bits per heavy atom. The number of nitrogens with one attached hydrogen (secondary N) is 1. The number of esters is 2. The van der Waals surface area contributed by atoms with E-state index in [0.717, 1.165) is 23.6 Å². The summed E-state index contributed by atoms with van der Waals surface area (Å²) in [4.78, 5) is 42.1. The van der Waals surface area contributed by atoms with Gasteiger partial charge in [0.1, 0.15) is 6.04 Å². The number of ether oxygens (including phenoxy) is 3. The van der Waals surface area contributed by atoms with Gasteiger partial charge in [0.25, 0.3) is 5.91 Å². The van der Waals surface area contributed by atoms with E-state index in [-0.39, 0.29) is 17.2 Å². The van der Waals surface area contributed by atoms with Crippen LogP contribution in [0.2, 0.25) is 0 Å². The van der Waals surface area contributed by atoms with Gasteiger partial charge in [-0.05, 0) is 64.7 Å². The molecule has 2 rings (SSSR count). The van der Waals surface area contributed by atoms with Crippen molar-refractivity contribution in [3.63, 3.8) is 0 Å². The largest absolute Gasteiger partial charge is 0.611 e. The summed E-state index contributed by atoms with van der Waals surface area (Å²) in [5, 5.41) is 1.82. The molecule has 0 aromatic heterocycles. The Morgan fingerprint density at radius 2 is 1.75 bits per heavy atom. The molecule has 2 aromatic carbocycles. The third kappa shape index (κ3) is 8.30. The van der Waals surface area contributed by atoms with Crippen molar-refractivity contribution in [2.24, 2.45) is 4.99 Å². The van der Waals surface area contributed by atoms with E-state index in [1.165, 1.54) is 20.1 Å². The molecule has 0 bridgehead atoms. The van der Waals surface area contributed by atoms with Crippen molar-refractivity contribution >= 4 is 35.7 Å². The number of carbonyl (C=O) groups excluding carboxylic acids is 3. The Balaban J connectivity index is 2.31. The van der Waals surface area contributed by atoms with Crippen LogP contribution in [0.3, 0.4) is 0 Å². The minimum Gasteiger partial charge on any atom is -0.611 e. The first-order chi connectivity index (χ1) is 18.9. The lowest BCUT2D eigenvalue weighted by Crippen LogP contribution is -2.42. The SMILES string of the molecule is C=N/C(C(=O)N[C@@H](C)C(=O)O[C@@H](C)[C@@H](c1ccccc1)[S+]([O-])c1ccc(C)cc1C)=C(OC(C)=O)\C(=C/C)OC. The molecule has 0 aliphatic carbocycles. The molecule has 0 saturated carbocycles. The molecule has 214 valence electrons. The van der Waals surface area contributed by atoms with E-state index >= 15 is 0 Å². The molecule has 0 radical (unpaired) electrons. The van der Waals surface area contributed by atoms with Crippen LogP contribution in [0.4, 0.5) is 0 Å². The third-order valence-corrected chi connectivity index (χ3v) is 7.88. The molecule has 0 heterocycles. The quantitative estimate of drug-likeness (QED) is 0.0989. The van der Waals surface area contributed by atoms with Crippen LogP contribution in [0, 0.1) is 13.8 Å². The second kappa shape index (κ2) is 15.0. The molecule has 1 amide bonds. The highest BCUT2D eigenvalue weighted by Gasteiger charge is 2.37. The van der Waals surface area contributed by atoms with Crippen molar-refractivity contribution in [2.75, 3.05) is 7.11 Å². The first-order valence-electron chi connectivity index (χ1n) is 12.6. The number of hydrogen-bond donors (Lipinski definition) is 1. The Bertz CT molecular complexity index is 1290. The lowest BCUT2D eigenvalue weighted by molar-refractivity contribution is -0.151. The van der Waals surface area contributed by atoms with E-state index < -0.39 is 46.4 Å². The number of benzene rings is 2. The van der Waals surface area contributed by atoms with E-state index in [0.29, 0.717) is 4.90 Å². The van der Waals surface area contributed by atoms with Gasteiger partial charge in [0.05, 0.1) is 7.11 Å². The summed E-state index contributed by atoms with van der Waals surface area (Å²) in [5.41, 5.74) is 2.30. The van der Waals surface area contributed by atoms with Gasteiger partial charge < -0.3 is 24.1 Å². The Hall–Kier alpha value is -3.89. The lowest BCUT2D eigenvalue weighted by Gasteiger charge is -2.28. The van der Waals surface area contributed by atoms with Crippen LogP contribution >= 0.6 is 0 Å². The van der Waals surface area contributed by atoms with Crippen molar-refractivity contribution < 1.29 is 33.1 Å². The third-order valence-electron chi connectivity index (χ3n) is 5.88. The number of aryl methyl sites for hydroxylation is 2. The highest BCUT2D eigenvalue weighted by molar-refractivity contribution is 7.91. The van der Waals surface area contributed by atoms with Crippen molar-refractivity contribution in [2.45, 2.75) is 63.8 Å². The Kier molecular flexibility index (Phi) is 12.2. The zero-order chi connectivity index (χ0) is 30.0. The number of rotatable bonds is 12. The summed E-state index contributed by atoms with van der Waals surface area (Å²) < 4.78 is 29.9. The highest BCUT2D eigenvalue weighted by Crippen LogP contribution is 2.35. The fraction of sp³-hybridized carbons (Fsp3) is 0.333. The van der Waals surface area contributed by atoms with Crippen LogP contribution < -0.4 is 5.32 Å². The summed E-state index contributed by atoms with van der Waals surface area (Å²) in [6.07, 6.45) is 0.665. The molecule has 1 N–H and O–H groups in total. The molecule has 2 aromatic rings. The van der Waals surface area contributed by atoms with Gasteiger partial charge in [-0.15, -0.1) is 0 Å². The van der Waals surface area contributed by atoms with Crippen LogP contribution in [0.25, 0.3) is 0 Å². The highest BCUT2D eigenvalue weighted by atomic mass is 32.2. The second-order valence-electron chi connectivity index (χ2n) is 9.02. The maximum absolute atomic E-state index is 13.8. The van der Waals surface area contributed by atoms with Gasteiger partial charge in [-0.1, -0.05) is 48.0 Å². The maximum atomic E-state index is 13.8. The zero-order valence-electron chi connectivity index (χ0n) is 23.8. The van der Waals surface area contributed by atoms with E-state index in [1.807, 2.05) is 62.4 Å². The molecule has 0 aliphatic heterocycles. The number of hydrogen-bond acceptors (Lipinski definition) is 8. The Labute approximate surface area is 238 Å². The van der Waals surface area contributed by atoms with Gasteiger partial charge in [-0.3, -0.25) is 14.6 Å². The smallest absolute Gasteiger partial charge is 0.328 e. The summed E-state index contributed by atoms with van der Waals surface area (Å²) >= 11 is -1.55. The van der Waals surface area contributed by atoms with E-state index in [2.05, 4.69) is 17.0 Å². The fourth-order valence-corrected chi connectivity index (χ4v) is 5.65. The molecule has 40 heavy (non-hydrogen) atoms. The van der Waals surface area contributed by atoms with Crippen LogP contribution in [0.15, 0.2) is 81.7 Å². The number of allylic oxidation sites excluding steroid dienone is 1. The van der Waals surface area contributed by atoms with Crippen molar-refractivity contribution in [3.05, 3.63) is 88.5 Å². The summed E-state index contributed by atoms with van der Waals surface area (Å²) in [5.74, 6) is -2.46. The number of nitrogens with zero attached hydrogens (tertiary/aromatic N) is 1. The fourth-order valence-electron chi connectivity index (χ4n) is 3.99. The zero-order valence-corrected chi connectivity index (χ0v) is 24.7. The number of carbonyl (C=O) groups is 3. The average molecular weight is 569 g/mol. The molecule has 10 heteroatoms. The van der Waals surface area contributed by atoms with Gasteiger partial charge in [-0.25, -0.2) is 4.79 Å². The van der Waals surface area contributed by atoms with Crippen molar-refractivity contribution in [3.8, 4) is 0 Å². The summed E-state index contributed by atoms with van der Waals surface area (Å²) in [6, 6.07) is 13.7. The predicted molar refractivity (Wildman–Crippen MR) is 154 cm³/mol. The molecule has 9 nitrogen and oxygen atoms in total. The van der Waals surface area contributed by atoms with Gasteiger partial charge in [-0.2, -0.15) is 0 Å². The Morgan fingerprint density at radius 3 is 2.27 bits per heavy atom. The molecule has 0 saturated heterocycles. The molecule has 4 atom stereocenters. The van der Waals surface area contributed by atoms with Gasteiger partial charge in [0.15, 0.2) is 27.7 Å². The normalized spacial score (nSPS) is 15.1. The molecule has 0 fully saturated rings. The topological polar surface area (TPSA) is 126 Å². The van der Waals surface area contributed by atoms with Crippen LogP contribution in [-0.2, 0) is 39.8 Å². The monoisotopic (exact) mass is 568 g/mol. The molecule has 0 spiro atoms. The predicted octanol–water partition coefficient (Wildman–Crippen LogP) is 4.61. The van der Waals surface area contributed by atoms with Gasteiger partial charge >= 0.3 is 11.9 Å². The van der Waals surface area contributed by atoms with Crippen molar-refractivity contribution in [1.29, 1.82) is 0 Å². The first kappa shape index (κ1) is 32.3. The van der Waals surface area contributed by atoms with Crippen molar-refractivity contribution in [1.82, 2.24) is 5.32 Å². The molecular weight excluding hydrogens is 532 g/mol. The second-order valence-corrected chi connectivity index (χ2v) is 10.6. The number of amides is 1. The minimum absolute atomic E-state index is 0.0798. The average Bonchev–Trinajstić information content (AvgIpc) is 2.90. The van der Waals surface area contributed by atoms with Gasteiger partial charge in [0.2, 0.25) is 5.76 Å². The molecule has 0 aliphatic rings. The standard InChI is InChI=1S/C30H36N2O7S/c1-9-24(37-8)27(39-22(6)33)26(31-7)29(34)32-20(4)30(35)38-21(5)28(23-13-11-10-12-14-23)40(36)25-16-15-18(2)17-19(25)3/h9-17,20-21,28H,7H2,1-6,8H3,(H,32,34)/b24-9+,27-26+/t20-,21-,28-,40?/m0/s1.